The number of nitrogens with one attached hydrogen (secondary N) is 1. The van der Waals surface area contributed by atoms with Gasteiger partial charge in [-0.1, -0.05) is 43.7 Å². The summed E-state index contributed by atoms with van der Waals surface area (Å²) in [7, 11) is -3.54. The molecular weight excluding hydrogens is 284 g/mol. The highest BCUT2D eigenvalue weighted by molar-refractivity contribution is 7.89. The lowest BCUT2D eigenvalue weighted by Crippen LogP contribution is -2.35. The molecule has 3 N–H and O–H groups in total. The number of sulfonamides is 1. The molecule has 1 unspecified atom stereocenters. The highest BCUT2D eigenvalue weighted by Gasteiger charge is 2.28. The number of nitrogens with two attached hydrogens (primary N) is 1. The molecule has 21 heavy (non-hydrogen) atoms. The van der Waals surface area contributed by atoms with Crippen LogP contribution >= 0.6 is 0 Å². The van der Waals surface area contributed by atoms with Crippen molar-refractivity contribution < 1.29 is 8.42 Å². The van der Waals surface area contributed by atoms with Gasteiger partial charge in [0.05, 0.1) is 11.4 Å². The molecule has 0 amide bonds. The summed E-state index contributed by atoms with van der Waals surface area (Å²) in [5.74, 6) is 6.23. The third-order valence-corrected chi connectivity index (χ3v) is 5.21. The first-order valence-electron chi connectivity index (χ1n) is 7.37. The average Bonchev–Trinajstić information content (AvgIpc) is 3.28. The van der Waals surface area contributed by atoms with Gasteiger partial charge in [0.1, 0.15) is 0 Å². The Bertz CT molecular complexity index is 640. The zero-order valence-electron chi connectivity index (χ0n) is 12.3. The molecule has 1 fully saturated rings. The Kier molecular flexibility index (Phi) is 5.40. The zero-order valence-corrected chi connectivity index (χ0v) is 13.1. The molecule has 0 heterocycles. The van der Waals surface area contributed by atoms with E-state index in [1.165, 1.54) is 12.8 Å². The van der Waals surface area contributed by atoms with Crippen molar-refractivity contribution in [2.45, 2.75) is 43.5 Å². The number of rotatable bonds is 6. The van der Waals surface area contributed by atoms with Gasteiger partial charge in [-0.25, -0.2) is 13.1 Å². The Morgan fingerprint density at radius 3 is 2.71 bits per heavy atom. The molecule has 114 valence electrons. The molecule has 0 saturated heterocycles. The second-order valence-corrected chi connectivity index (χ2v) is 7.09. The fourth-order valence-corrected chi connectivity index (χ4v) is 3.78. The Balaban J connectivity index is 2.21. The van der Waals surface area contributed by atoms with Crippen molar-refractivity contribution in [2.24, 2.45) is 11.7 Å². The topological polar surface area (TPSA) is 72.2 Å². The standard InChI is InChI=1S/C16H22N2O2S/c1-2-15(12-13-9-10-13)18-21(19,20)16-8-4-3-6-14(16)7-5-11-17/h3-4,6,8,13,15,18H,2,9-12,17H2,1H3. The predicted octanol–water partition coefficient (Wildman–Crippen LogP) is 1.85. The molecule has 5 heteroatoms. The van der Waals surface area contributed by atoms with Crippen molar-refractivity contribution in [3.05, 3.63) is 29.8 Å². The molecule has 0 aromatic heterocycles. The van der Waals surface area contributed by atoms with Gasteiger partial charge in [0.15, 0.2) is 0 Å². The van der Waals surface area contributed by atoms with Gasteiger partial charge in [-0.2, -0.15) is 0 Å². The van der Waals surface area contributed by atoms with Gasteiger partial charge >= 0.3 is 0 Å². The molecule has 4 nitrogen and oxygen atoms in total. The first-order valence-corrected chi connectivity index (χ1v) is 8.85. The summed E-state index contributed by atoms with van der Waals surface area (Å²) in [6.45, 7) is 2.22. The van der Waals surface area contributed by atoms with E-state index in [2.05, 4.69) is 16.6 Å². The number of benzene rings is 1. The highest BCUT2D eigenvalue weighted by atomic mass is 32.2. The summed E-state index contributed by atoms with van der Waals surface area (Å²) in [4.78, 5) is 0.236. The Labute approximate surface area is 127 Å². The molecule has 1 saturated carbocycles. The van der Waals surface area contributed by atoms with Crippen molar-refractivity contribution in [3.63, 3.8) is 0 Å². The van der Waals surface area contributed by atoms with Crippen LogP contribution < -0.4 is 10.5 Å². The minimum Gasteiger partial charge on any atom is -0.320 e. The Morgan fingerprint density at radius 2 is 2.10 bits per heavy atom. The van der Waals surface area contributed by atoms with Gasteiger partial charge in [-0.15, -0.1) is 0 Å². The maximum atomic E-state index is 12.6. The molecule has 1 atom stereocenters. The van der Waals surface area contributed by atoms with E-state index in [4.69, 9.17) is 5.73 Å². The quantitative estimate of drug-likeness (QED) is 0.788. The number of hydrogen-bond acceptors (Lipinski definition) is 3. The summed E-state index contributed by atoms with van der Waals surface area (Å²) in [6.07, 6.45) is 4.16. The first-order chi connectivity index (χ1) is 10.1. The minimum absolute atomic E-state index is 0.00183. The highest BCUT2D eigenvalue weighted by Crippen LogP contribution is 2.34. The summed E-state index contributed by atoms with van der Waals surface area (Å²) in [5.41, 5.74) is 5.86. The van der Waals surface area contributed by atoms with E-state index in [1.807, 2.05) is 6.92 Å². The first kappa shape index (κ1) is 16.0. The fraction of sp³-hybridized carbons (Fsp3) is 0.500. The summed E-state index contributed by atoms with van der Waals surface area (Å²) < 4.78 is 28.0. The van der Waals surface area contributed by atoms with E-state index in [1.54, 1.807) is 24.3 Å². The van der Waals surface area contributed by atoms with Crippen molar-refractivity contribution in [3.8, 4) is 11.8 Å². The summed E-state index contributed by atoms with van der Waals surface area (Å²) >= 11 is 0. The van der Waals surface area contributed by atoms with Crippen LogP contribution in [0.3, 0.4) is 0 Å². The van der Waals surface area contributed by atoms with Gasteiger partial charge in [0.25, 0.3) is 0 Å². The largest absolute Gasteiger partial charge is 0.320 e. The minimum atomic E-state index is -3.54. The van der Waals surface area contributed by atoms with Gasteiger partial charge in [0, 0.05) is 11.6 Å². The van der Waals surface area contributed by atoms with Crippen molar-refractivity contribution >= 4 is 10.0 Å². The molecule has 0 spiro atoms. The van der Waals surface area contributed by atoms with E-state index in [0.29, 0.717) is 11.5 Å². The van der Waals surface area contributed by atoms with Gasteiger partial charge < -0.3 is 5.73 Å². The van der Waals surface area contributed by atoms with Gasteiger partial charge in [-0.05, 0) is 30.9 Å². The van der Waals surface area contributed by atoms with Crippen LogP contribution in [0.1, 0.15) is 38.2 Å². The molecule has 1 aromatic carbocycles. The van der Waals surface area contributed by atoms with Crippen LogP contribution in [0, 0.1) is 17.8 Å². The molecule has 0 aliphatic heterocycles. The van der Waals surface area contributed by atoms with Crippen molar-refractivity contribution in [1.82, 2.24) is 4.72 Å². The van der Waals surface area contributed by atoms with E-state index >= 15 is 0 Å². The molecule has 1 aromatic rings. The summed E-state index contributed by atoms with van der Waals surface area (Å²) in [5, 5.41) is 0. The van der Waals surface area contributed by atoms with Crippen LogP contribution in [0.4, 0.5) is 0 Å². The number of hydrogen-bond donors (Lipinski definition) is 2. The lowest BCUT2D eigenvalue weighted by molar-refractivity contribution is 0.495. The molecular formula is C16H22N2O2S. The Hall–Kier alpha value is -1.35. The van der Waals surface area contributed by atoms with Gasteiger partial charge in [-0.3, -0.25) is 0 Å². The summed E-state index contributed by atoms with van der Waals surface area (Å²) in [6, 6.07) is 6.79. The third-order valence-electron chi connectivity index (χ3n) is 3.63. The van der Waals surface area contributed by atoms with Crippen LogP contribution in [0.5, 0.6) is 0 Å². The molecule has 1 aliphatic carbocycles. The van der Waals surface area contributed by atoms with E-state index in [9.17, 15) is 8.42 Å². The maximum absolute atomic E-state index is 12.6. The lowest BCUT2D eigenvalue weighted by atomic mass is 10.1. The Morgan fingerprint density at radius 1 is 1.38 bits per heavy atom. The lowest BCUT2D eigenvalue weighted by Gasteiger charge is -2.17. The van der Waals surface area contributed by atoms with E-state index in [-0.39, 0.29) is 17.5 Å². The van der Waals surface area contributed by atoms with Crippen molar-refractivity contribution in [2.75, 3.05) is 6.54 Å². The van der Waals surface area contributed by atoms with Crippen LogP contribution in [-0.2, 0) is 10.0 Å². The third kappa shape index (κ3) is 4.57. The van der Waals surface area contributed by atoms with E-state index < -0.39 is 10.0 Å². The zero-order chi connectivity index (χ0) is 15.3. The van der Waals surface area contributed by atoms with Crippen LogP contribution in [0.15, 0.2) is 29.2 Å². The van der Waals surface area contributed by atoms with Crippen LogP contribution in [-0.4, -0.2) is 21.0 Å². The predicted molar refractivity (Wildman–Crippen MR) is 84.1 cm³/mol. The molecule has 0 bridgehead atoms. The second kappa shape index (κ2) is 7.08. The SMILES string of the molecule is CCC(CC1CC1)NS(=O)(=O)c1ccccc1C#CCN. The van der Waals surface area contributed by atoms with E-state index in [0.717, 1.165) is 12.8 Å². The average molecular weight is 306 g/mol. The molecule has 0 radical (unpaired) electrons. The maximum Gasteiger partial charge on any atom is 0.242 e. The monoisotopic (exact) mass is 306 g/mol. The van der Waals surface area contributed by atoms with Crippen LogP contribution in [0.2, 0.25) is 0 Å². The van der Waals surface area contributed by atoms with Crippen molar-refractivity contribution in [1.29, 1.82) is 0 Å². The van der Waals surface area contributed by atoms with Crippen LogP contribution in [0.25, 0.3) is 0 Å². The normalized spacial score (nSPS) is 16.1. The van der Waals surface area contributed by atoms with Gasteiger partial charge in [0.2, 0.25) is 10.0 Å². The fourth-order valence-electron chi connectivity index (χ4n) is 2.29. The second-order valence-electron chi connectivity index (χ2n) is 5.41. The smallest absolute Gasteiger partial charge is 0.242 e. The molecule has 2 rings (SSSR count). The molecule has 1 aliphatic rings.